The number of nitrogens with two attached hydrogens (primary N) is 1. The van der Waals surface area contributed by atoms with Gasteiger partial charge in [-0.05, 0) is 18.2 Å². The third-order valence-electron chi connectivity index (χ3n) is 2.75. The van der Waals surface area contributed by atoms with Gasteiger partial charge in [-0.15, -0.1) is 0 Å². The summed E-state index contributed by atoms with van der Waals surface area (Å²) in [5, 5.41) is 17.6. The largest absolute Gasteiger partial charge is 0.508 e. The number of aromatic hydroxyl groups is 1. The van der Waals surface area contributed by atoms with Crippen LogP contribution in [0, 0.1) is 0 Å². The second-order valence-electron chi connectivity index (χ2n) is 3.89. The average molecular weight is 225 g/mol. The van der Waals surface area contributed by atoms with Crippen LogP contribution in [0.25, 0.3) is 22.2 Å². The van der Waals surface area contributed by atoms with Gasteiger partial charge >= 0.3 is 0 Å². The predicted molar refractivity (Wildman–Crippen MR) is 67.6 cm³/mol. The Hall–Kier alpha value is -2.49. The highest BCUT2D eigenvalue weighted by Crippen LogP contribution is 2.30. The quantitative estimate of drug-likeness (QED) is 0.557. The summed E-state index contributed by atoms with van der Waals surface area (Å²) in [6, 6.07) is 12.7. The molecule has 0 aliphatic carbocycles. The lowest BCUT2D eigenvalue weighted by molar-refractivity contribution is 0.475. The van der Waals surface area contributed by atoms with Gasteiger partial charge in [-0.3, -0.25) is 5.10 Å². The molecule has 0 radical (unpaired) electrons. The van der Waals surface area contributed by atoms with Gasteiger partial charge in [-0.2, -0.15) is 5.10 Å². The molecule has 0 saturated heterocycles. The van der Waals surface area contributed by atoms with Gasteiger partial charge in [-0.1, -0.05) is 24.3 Å². The molecule has 4 heteroatoms. The highest BCUT2D eigenvalue weighted by molar-refractivity contribution is 5.98. The van der Waals surface area contributed by atoms with Crippen LogP contribution < -0.4 is 5.73 Å². The van der Waals surface area contributed by atoms with E-state index < -0.39 is 0 Å². The first kappa shape index (κ1) is 9.72. The van der Waals surface area contributed by atoms with Crippen molar-refractivity contribution in [1.29, 1.82) is 0 Å². The van der Waals surface area contributed by atoms with E-state index in [9.17, 15) is 5.11 Å². The molecular weight excluding hydrogens is 214 g/mol. The number of rotatable bonds is 1. The number of anilines is 1. The molecule has 3 rings (SSSR count). The summed E-state index contributed by atoms with van der Waals surface area (Å²) in [6.07, 6.45) is 0. The maximum Gasteiger partial charge on any atom is 0.116 e. The number of nitrogen functional groups attached to an aromatic ring is 1. The summed E-state index contributed by atoms with van der Waals surface area (Å²) in [5.74, 6) is 0.225. The van der Waals surface area contributed by atoms with Crippen molar-refractivity contribution in [3.8, 4) is 17.0 Å². The van der Waals surface area contributed by atoms with E-state index in [1.807, 2.05) is 24.3 Å². The molecule has 0 atom stereocenters. The van der Waals surface area contributed by atoms with Crippen LogP contribution in [0.1, 0.15) is 0 Å². The fraction of sp³-hybridized carbons (Fsp3) is 0. The molecule has 0 unspecified atom stereocenters. The summed E-state index contributed by atoms with van der Waals surface area (Å²) < 4.78 is 0. The molecule has 4 nitrogen and oxygen atoms in total. The first-order valence-corrected chi connectivity index (χ1v) is 5.27. The first-order chi connectivity index (χ1) is 8.25. The van der Waals surface area contributed by atoms with E-state index in [0.29, 0.717) is 5.69 Å². The summed E-state index contributed by atoms with van der Waals surface area (Å²) in [6.45, 7) is 0. The lowest BCUT2D eigenvalue weighted by atomic mass is 10.1. The van der Waals surface area contributed by atoms with Crippen molar-refractivity contribution >= 4 is 16.6 Å². The number of phenols is 1. The molecule has 1 heterocycles. The van der Waals surface area contributed by atoms with Crippen molar-refractivity contribution in [3.05, 3.63) is 42.5 Å². The molecule has 0 amide bonds. The number of para-hydroxylation sites is 1. The van der Waals surface area contributed by atoms with Crippen molar-refractivity contribution in [3.63, 3.8) is 0 Å². The van der Waals surface area contributed by atoms with Crippen LogP contribution in [-0.2, 0) is 0 Å². The van der Waals surface area contributed by atoms with E-state index in [4.69, 9.17) is 5.73 Å². The number of benzene rings is 2. The van der Waals surface area contributed by atoms with Crippen molar-refractivity contribution in [2.45, 2.75) is 0 Å². The molecule has 0 fully saturated rings. The number of H-pyrrole nitrogens is 1. The first-order valence-electron chi connectivity index (χ1n) is 5.27. The highest BCUT2D eigenvalue weighted by atomic mass is 16.3. The summed E-state index contributed by atoms with van der Waals surface area (Å²) in [7, 11) is 0. The monoisotopic (exact) mass is 225 g/mol. The lowest BCUT2D eigenvalue weighted by Gasteiger charge is -1.99. The van der Waals surface area contributed by atoms with Crippen LogP contribution in [0.5, 0.6) is 5.75 Å². The minimum atomic E-state index is 0.225. The third-order valence-corrected chi connectivity index (χ3v) is 2.75. The van der Waals surface area contributed by atoms with Crippen molar-refractivity contribution < 1.29 is 5.11 Å². The SMILES string of the molecule is Nc1cccc2c(-c3cccc(O)c3)n[nH]c12. The molecule has 0 spiro atoms. The number of hydrogen-bond donors (Lipinski definition) is 3. The van der Waals surface area contributed by atoms with E-state index in [1.54, 1.807) is 18.2 Å². The number of fused-ring (bicyclic) bond motifs is 1. The van der Waals surface area contributed by atoms with Gasteiger partial charge in [0.2, 0.25) is 0 Å². The fourth-order valence-electron chi connectivity index (χ4n) is 1.94. The van der Waals surface area contributed by atoms with Crippen LogP contribution in [0.15, 0.2) is 42.5 Å². The van der Waals surface area contributed by atoms with Gasteiger partial charge in [0, 0.05) is 10.9 Å². The van der Waals surface area contributed by atoms with E-state index >= 15 is 0 Å². The molecule has 1 aromatic heterocycles. The Morgan fingerprint density at radius 2 is 1.94 bits per heavy atom. The number of nitrogens with one attached hydrogen (secondary N) is 1. The Bertz CT molecular complexity index is 688. The number of aromatic nitrogens is 2. The Balaban J connectivity index is 2.28. The van der Waals surface area contributed by atoms with E-state index in [2.05, 4.69) is 10.2 Å². The maximum absolute atomic E-state index is 9.48. The zero-order valence-electron chi connectivity index (χ0n) is 9.01. The molecule has 0 aliphatic heterocycles. The van der Waals surface area contributed by atoms with Crippen LogP contribution >= 0.6 is 0 Å². The predicted octanol–water partition coefficient (Wildman–Crippen LogP) is 2.52. The molecule has 84 valence electrons. The van der Waals surface area contributed by atoms with E-state index in [1.165, 1.54) is 0 Å². The van der Waals surface area contributed by atoms with Gasteiger partial charge < -0.3 is 10.8 Å². The van der Waals surface area contributed by atoms with Gasteiger partial charge in [0.15, 0.2) is 0 Å². The van der Waals surface area contributed by atoms with E-state index in [-0.39, 0.29) is 5.75 Å². The molecule has 0 aliphatic rings. The van der Waals surface area contributed by atoms with Crippen LogP contribution in [0.3, 0.4) is 0 Å². The summed E-state index contributed by atoms with van der Waals surface area (Å²) in [4.78, 5) is 0. The second kappa shape index (κ2) is 3.52. The van der Waals surface area contributed by atoms with Crippen LogP contribution in [-0.4, -0.2) is 15.3 Å². The average Bonchev–Trinajstić information content (AvgIpc) is 2.74. The number of nitrogens with zero attached hydrogens (tertiary/aromatic N) is 1. The number of aromatic amines is 1. The number of hydrogen-bond acceptors (Lipinski definition) is 3. The molecular formula is C13H11N3O. The molecule has 2 aromatic carbocycles. The molecule has 17 heavy (non-hydrogen) atoms. The topological polar surface area (TPSA) is 74.9 Å². The highest BCUT2D eigenvalue weighted by Gasteiger charge is 2.09. The van der Waals surface area contributed by atoms with Gasteiger partial charge in [-0.25, -0.2) is 0 Å². The Morgan fingerprint density at radius 1 is 1.12 bits per heavy atom. The standard InChI is InChI=1S/C13H11N3O/c14-11-6-2-5-10-12(15-16-13(10)11)8-3-1-4-9(17)7-8/h1-7,17H,14H2,(H,15,16). The zero-order chi connectivity index (χ0) is 11.8. The van der Waals surface area contributed by atoms with Gasteiger partial charge in [0.05, 0.1) is 11.2 Å². The molecule has 4 N–H and O–H groups in total. The molecule has 0 bridgehead atoms. The minimum Gasteiger partial charge on any atom is -0.508 e. The second-order valence-corrected chi connectivity index (χ2v) is 3.89. The van der Waals surface area contributed by atoms with E-state index in [0.717, 1.165) is 22.2 Å². The Kier molecular flexibility index (Phi) is 2.01. The Labute approximate surface area is 97.7 Å². The normalized spacial score (nSPS) is 10.8. The Morgan fingerprint density at radius 3 is 2.76 bits per heavy atom. The van der Waals surface area contributed by atoms with Crippen molar-refractivity contribution in [2.75, 3.05) is 5.73 Å². The van der Waals surface area contributed by atoms with Gasteiger partial charge in [0.1, 0.15) is 11.4 Å². The lowest BCUT2D eigenvalue weighted by Crippen LogP contribution is -1.84. The molecule has 3 aromatic rings. The minimum absolute atomic E-state index is 0.225. The van der Waals surface area contributed by atoms with Crippen molar-refractivity contribution in [2.24, 2.45) is 0 Å². The fourth-order valence-corrected chi connectivity index (χ4v) is 1.94. The zero-order valence-corrected chi connectivity index (χ0v) is 9.01. The number of phenolic OH excluding ortho intramolecular Hbond substituents is 1. The van der Waals surface area contributed by atoms with Crippen LogP contribution in [0.4, 0.5) is 5.69 Å². The molecule has 0 saturated carbocycles. The van der Waals surface area contributed by atoms with Gasteiger partial charge in [0.25, 0.3) is 0 Å². The maximum atomic E-state index is 9.48. The summed E-state index contributed by atoms with van der Waals surface area (Å²) >= 11 is 0. The smallest absolute Gasteiger partial charge is 0.116 e. The van der Waals surface area contributed by atoms with Crippen molar-refractivity contribution in [1.82, 2.24) is 10.2 Å². The van der Waals surface area contributed by atoms with Crippen LogP contribution in [0.2, 0.25) is 0 Å². The third kappa shape index (κ3) is 1.50. The summed E-state index contributed by atoms with van der Waals surface area (Å²) in [5.41, 5.74) is 9.01.